The number of nitrogens with zero attached hydrogens (tertiary/aromatic N) is 3. The van der Waals surface area contributed by atoms with Crippen LogP contribution in [0.15, 0.2) is 48.5 Å². The van der Waals surface area contributed by atoms with Crippen LogP contribution in [0.3, 0.4) is 0 Å². The highest BCUT2D eigenvalue weighted by Gasteiger charge is 2.45. The van der Waals surface area contributed by atoms with Gasteiger partial charge in [0.25, 0.3) is 5.91 Å². The number of anilines is 3. The van der Waals surface area contributed by atoms with Crippen LogP contribution in [-0.4, -0.2) is 60.8 Å². The zero-order chi connectivity index (χ0) is 32.3. The number of alkyl halides is 3. The summed E-state index contributed by atoms with van der Waals surface area (Å²) < 4.78 is 67.9. The van der Waals surface area contributed by atoms with Gasteiger partial charge in [-0.15, -0.1) is 0 Å². The van der Waals surface area contributed by atoms with E-state index in [1.165, 1.54) is 38.1 Å². The first-order valence-electron chi connectivity index (χ1n) is 13.1. The molecular weight excluding hydrogens is 627 g/mol. The first-order chi connectivity index (χ1) is 20.4. The molecule has 0 spiro atoms. The fourth-order valence-electron chi connectivity index (χ4n) is 3.90. The summed E-state index contributed by atoms with van der Waals surface area (Å²) in [6.45, 7) is 1.21. The van der Waals surface area contributed by atoms with Gasteiger partial charge in [0.05, 0.1) is 17.2 Å². The highest BCUT2D eigenvalue weighted by Crippen LogP contribution is 2.48. The molecule has 1 aliphatic rings. The fraction of sp³-hybridized carbons (Fsp3) is 0.370. The summed E-state index contributed by atoms with van der Waals surface area (Å²) in [7, 11) is -3.76. The number of carbonyl (C=O) groups is 2. The van der Waals surface area contributed by atoms with Crippen molar-refractivity contribution in [1.82, 2.24) is 25.0 Å². The number of rotatable bonds is 12. The lowest BCUT2D eigenvalue weighted by Gasteiger charge is -2.23. The van der Waals surface area contributed by atoms with Gasteiger partial charge >= 0.3 is 12.2 Å². The van der Waals surface area contributed by atoms with E-state index >= 15 is 0 Å². The fourth-order valence-corrected chi connectivity index (χ4v) is 4.64. The van der Waals surface area contributed by atoms with Crippen molar-refractivity contribution in [2.45, 2.75) is 38.4 Å². The SMILES string of the molecule is CC(C)(CNC(=O)c1ccc(Nc2nc(NC3(c4ccc(Cl)cc4)CC3)nc(OCC(F)(F)F)n2)cc1)C(=O)NS(C)(=O)=O. The summed E-state index contributed by atoms with van der Waals surface area (Å²) in [6.07, 6.45) is -2.31. The minimum Gasteiger partial charge on any atom is -0.454 e. The third kappa shape index (κ3) is 9.16. The smallest absolute Gasteiger partial charge is 0.422 e. The summed E-state index contributed by atoms with van der Waals surface area (Å²) in [6, 6.07) is 12.5. The Balaban J connectivity index is 1.47. The van der Waals surface area contributed by atoms with Crippen LogP contribution in [0.4, 0.5) is 30.8 Å². The third-order valence-corrected chi connectivity index (χ3v) is 7.27. The predicted octanol–water partition coefficient (Wildman–Crippen LogP) is 4.14. The lowest BCUT2D eigenvalue weighted by Crippen LogP contribution is -2.46. The largest absolute Gasteiger partial charge is 0.454 e. The second-order valence-electron chi connectivity index (χ2n) is 10.9. The number of hydrogen-bond acceptors (Lipinski definition) is 10. The van der Waals surface area contributed by atoms with Crippen LogP contribution in [0.25, 0.3) is 0 Å². The molecule has 12 nitrogen and oxygen atoms in total. The van der Waals surface area contributed by atoms with E-state index in [1.807, 2.05) is 16.9 Å². The molecule has 17 heteroatoms. The van der Waals surface area contributed by atoms with Crippen molar-refractivity contribution in [1.29, 1.82) is 0 Å². The maximum Gasteiger partial charge on any atom is 0.422 e. The number of amides is 2. The van der Waals surface area contributed by atoms with Crippen molar-refractivity contribution >= 4 is 51.0 Å². The van der Waals surface area contributed by atoms with Crippen LogP contribution >= 0.6 is 11.6 Å². The van der Waals surface area contributed by atoms with Gasteiger partial charge < -0.3 is 20.7 Å². The minimum atomic E-state index is -4.61. The predicted molar refractivity (Wildman–Crippen MR) is 156 cm³/mol. The zero-order valence-electron chi connectivity index (χ0n) is 23.8. The van der Waals surface area contributed by atoms with Crippen molar-refractivity contribution in [3.8, 4) is 6.01 Å². The number of halogens is 4. The van der Waals surface area contributed by atoms with Gasteiger partial charge in [-0.25, -0.2) is 8.42 Å². The van der Waals surface area contributed by atoms with E-state index < -0.39 is 51.6 Å². The van der Waals surface area contributed by atoms with E-state index in [4.69, 9.17) is 16.3 Å². The standard InChI is InChI=1S/C27H29ClF3N7O5S/c1-25(2,21(40)38-44(3,41)42)14-32-20(39)16-4-10-19(11-5-16)33-22-34-23(36-24(35-22)43-15-27(29,30)31)37-26(12-13-26)17-6-8-18(28)9-7-17/h4-11H,12-15H2,1-3H3,(H,32,39)(H,38,40)(H2,33,34,35,36,37). The average molecular weight is 656 g/mol. The maximum absolute atomic E-state index is 12.8. The summed E-state index contributed by atoms with van der Waals surface area (Å²) >= 11 is 6.00. The molecule has 44 heavy (non-hydrogen) atoms. The van der Waals surface area contributed by atoms with Gasteiger partial charge in [0, 0.05) is 22.8 Å². The molecule has 0 atom stereocenters. The zero-order valence-corrected chi connectivity index (χ0v) is 25.3. The van der Waals surface area contributed by atoms with Crippen molar-refractivity contribution in [3.63, 3.8) is 0 Å². The lowest BCUT2D eigenvalue weighted by atomic mass is 9.92. The van der Waals surface area contributed by atoms with Crippen LogP contribution < -0.4 is 25.4 Å². The first-order valence-corrected chi connectivity index (χ1v) is 15.4. The average Bonchev–Trinajstić information content (AvgIpc) is 3.70. The van der Waals surface area contributed by atoms with E-state index in [1.54, 1.807) is 12.1 Å². The quantitative estimate of drug-likeness (QED) is 0.223. The number of ether oxygens (including phenoxy) is 1. The van der Waals surface area contributed by atoms with Gasteiger partial charge in [-0.2, -0.15) is 28.1 Å². The Morgan fingerprint density at radius 2 is 1.59 bits per heavy atom. The highest BCUT2D eigenvalue weighted by molar-refractivity contribution is 7.89. The van der Waals surface area contributed by atoms with Crippen molar-refractivity contribution in [2.24, 2.45) is 5.41 Å². The Hall–Kier alpha value is -4.18. The molecular formula is C27H29ClF3N7O5S. The molecule has 2 aromatic carbocycles. The van der Waals surface area contributed by atoms with Crippen molar-refractivity contribution in [3.05, 3.63) is 64.7 Å². The summed E-state index contributed by atoms with van der Waals surface area (Å²) in [4.78, 5) is 37.1. The van der Waals surface area contributed by atoms with E-state index in [2.05, 4.69) is 30.9 Å². The third-order valence-electron chi connectivity index (χ3n) is 6.46. The monoisotopic (exact) mass is 655 g/mol. The molecule has 3 aromatic rings. The van der Waals surface area contributed by atoms with E-state index in [-0.39, 0.29) is 24.0 Å². The van der Waals surface area contributed by atoms with Gasteiger partial charge in [-0.3, -0.25) is 14.3 Å². The van der Waals surface area contributed by atoms with Crippen LogP contribution in [0.5, 0.6) is 6.01 Å². The molecule has 1 fully saturated rings. The highest BCUT2D eigenvalue weighted by atomic mass is 35.5. The molecule has 2 amide bonds. The molecule has 1 aromatic heterocycles. The number of nitrogens with one attached hydrogen (secondary N) is 4. The van der Waals surface area contributed by atoms with Gasteiger partial charge in [0.1, 0.15) is 0 Å². The Morgan fingerprint density at radius 3 is 2.16 bits per heavy atom. The van der Waals surface area contributed by atoms with Crippen molar-refractivity contribution in [2.75, 3.05) is 30.0 Å². The van der Waals surface area contributed by atoms with Crippen molar-refractivity contribution < 1.29 is 35.9 Å². The molecule has 0 bridgehead atoms. The normalized spacial score (nSPS) is 14.3. The number of sulfonamides is 1. The molecule has 0 saturated heterocycles. The molecule has 0 aliphatic heterocycles. The molecule has 4 N–H and O–H groups in total. The molecule has 1 saturated carbocycles. The summed E-state index contributed by atoms with van der Waals surface area (Å²) in [5.41, 5.74) is -0.223. The second kappa shape index (κ2) is 12.4. The van der Waals surface area contributed by atoms with Crippen LogP contribution in [-0.2, 0) is 20.4 Å². The Kier molecular flexibility index (Phi) is 9.25. The Bertz CT molecular complexity index is 1630. The van der Waals surface area contributed by atoms with E-state index in [0.717, 1.165) is 24.7 Å². The maximum atomic E-state index is 12.8. The molecule has 0 unspecified atom stereocenters. The summed E-state index contributed by atoms with van der Waals surface area (Å²) in [5, 5.41) is 9.20. The number of benzene rings is 2. The molecule has 4 rings (SSSR count). The number of carbonyl (C=O) groups excluding carboxylic acids is 2. The van der Waals surface area contributed by atoms with E-state index in [0.29, 0.717) is 10.7 Å². The van der Waals surface area contributed by atoms with Gasteiger partial charge in [-0.1, -0.05) is 23.7 Å². The Labute approximate surface area is 256 Å². The second-order valence-corrected chi connectivity index (χ2v) is 13.0. The minimum absolute atomic E-state index is 0.00866. The summed E-state index contributed by atoms with van der Waals surface area (Å²) in [5.74, 6) is -1.42. The van der Waals surface area contributed by atoms with Crippen LogP contribution in [0.1, 0.15) is 42.6 Å². The lowest BCUT2D eigenvalue weighted by molar-refractivity contribution is -0.154. The molecule has 236 valence electrons. The topological polar surface area (TPSA) is 164 Å². The van der Waals surface area contributed by atoms with Gasteiger partial charge in [0.2, 0.25) is 27.8 Å². The van der Waals surface area contributed by atoms with Gasteiger partial charge in [0.15, 0.2) is 6.61 Å². The first kappa shape index (κ1) is 32.7. The molecule has 0 radical (unpaired) electrons. The van der Waals surface area contributed by atoms with E-state index in [9.17, 15) is 31.2 Å². The van der Waals surface area contributed by atoms with Gasteiger partial charge in [-0.05, 0) is 68.7 Å². The van der Waals surface area contributed by atoms with Crippen LogP contribution in [0.2, 0.25) is 5.02 Å². The number of aromatic nitrogens is 3. The van der Waals surface area contributed by atoms with Crippen LogP contribution in [0, 0.1) is 5.41 Å². The molecule has 1 aliphatic carbocycles. The Morgan fingerprint density at radius 1 is 0.977 bits per heavy atom. The number of hydrogen-bond donors (Lipinski definition) is 4. The molecule has 1 heterocycles.